The molecular weight excluding hydrogens is 270 g/mol. The van der Waals surface area contributed by atoms with Crippen LogP contribution in [0.4, 0.5) is 0 Å². The van der Waals surface area contributed by atoms with Gasteiger partial charge < -0.3 is 14.7 Å². The lowest BCUT2D eigenvalue weighted by atomic mass is 10.1. The molecule has 1 aromatic carbocycles. The second-order valence-electron chi connectivity index (χ2n) is 5.45. The number of carbonyl (C=O) groups excluding carboxylic acids is 1. The van der Waals surface area contributed by atoms with Crippen LogP contribution in [0.3, 0.4) is 0 Å². The van der Waals surface area contributed by atoms with E-state index < -0.39 is 12.0 Å². The second kappa shape index (κ2) is 6.61. The van der Waals surface area contributed by atoms with E-state index in [2.05, 4.69) is 0 Å². The number of carboxylic acids is 1. The molecule has 5 heteroatoms. The van der Waals surface area contributed by atoms with Gasteiger partial charge in [-0.05, 0) is 38.3 Å². The lowest BCUT2D eigenvalue weighted by Crippen LogP contribution is -2.40. The van der Waals surface area contributed by atoms with Crippen molar-refractivity contribution < 1.29 is 19.4 Å². The normalized spacial score (nSPS) is 17.8. The summed E-state index contributed by atoms with van der Waals surface area (Å²) in [6, 6.07) is 5.22. The first kappa shape index (κ1) is 15.4. The van der Waals surface area contributed by atoms with Crippen molar-refractivity contribution in [3.8, 4) is 5.75 Å². The molecule has 0 radical (unpaired) electrons. The number of aliphatic carboxylic acids is 1. The number of ether oxygens (including phenoxy) is 1. The van der Waals surface area contributed by atoms with Crippen molar-refractivity contribution in [2.24, 2.45) is 0 Å². The molecule has 1 atom stereocenters. The molecule has 1 aromatic rings. The molecular formula is C16H21NO4. The highest BCUT2D eigenvalue weighted by Gasteiger charge is 2.33. The van der Waals surface area contributed by atoms with Crippen molar-refractivity contribution in [3.05, 3.63) is 29.3 Å². The molecule has 1 N–H and O–H groups in total. The molecule has 21 heavy (non-hydrogen) atoms. The highest BCUT2D eigenvalue weighted by molar-refractivity contribution is 5.84. The first-order valence-electron chi connectivity index (χ1n) is 7.21. The van der Waals surface area contributed by atoms with Crippen LogP contribution in [0.2, 0.25) is 0 Å². The Kier molecular flexibility index (Phi) is 4.83. The van der Waals surface area contributed by atoms with Gasteiger partial charge in [-0.1, -0.05) is 17.7 Å². The lowest BCUT2D eigenvalue weighted by molar-refractivity contribution is -0.148. The maximum absolute atomic E-state index is 12.1. The summed E-state index contributed by atoms with van der Waals surface area (Å²) in [5.41, 5.74) is 2.20. The molecule has 2 rings (SSSR count). The number of likely N-dealkylation sites (tertiary alicyclic amines) is 1. The molecule has 1 amide bonds. The van der Waals surface area contributed by atoms with Crippen LogP contribution in [0, 0.1) is 13.8 Å². The van der Waals surface area contributed by atoms with Crippen molar-refractivity contribution in [1.29, 1.82) is 0 Å². The number of nitrogens with zero attached hydrogens (tertiary/aromatic N) is 1. The molecule has 0 saturated carbocycles. The minimum Gasteiger partial charge on any atom is -0.493 e. The van der Waals surface area contributed by atoms with Gasteiger partial charge in [0.2, 0.25) is 5.91 Å². The van der Waals surface area contributed by atoms with Crippen molar-refractivity contribution in [3.63, 3.8) is 0 Å². The van der Waals surface area contributed by atoms with E-state index in [9.17, 15) is 9.59 Å². The van der Waals surface area contributed by atoms with Crippen LogP contribution in [0.25, 0.3) is 0 Å². The van der Waals surface area contributed by atoms with Crippen LogP contribution < -0.4 is 4.74 Å². The van der Waals surface area contributed by atoms with E-state index in [0.717, 1.165) is 23.3 Å². The maximum Gasteiger partial charge on any atom is 0.326 e. The molecule has 1 unspecified atom stereocenters. The molecule has 0 aromatic heterocycles. The fourth-order valence-electron chi connectivity index (χ4n) is 2.68. The van der Waals surface area contributed by atoms with Gasteiger partial charge in [0, 0.05) is 6.54 Å². The largest absolute Gasteiger partial charge is 0.493 e. The van der Waals surface area contributed by atoms with Gasteiger partial charge in [0.05, 0.1) is 13.0 Å². The van der Waals surface area contributed by atoms with E-state index in [0.29, 0.717) is 13.0 Å². The van der Waals surface area contributed by atoms with Crippen molar-refractivity contribution >= 4 is 11.9 Å². The van der Waals surface area contributed by atoms with E-state index in [1.807, 2.05) is 32.0 Å². The molecule has 5 nitrogen and oxygen atoms in total. The molecule has 0 spiro atoms. The first-order valence-corrected chi connectivity index (χ1v) is 7.21. The summed E-state index contributed by atoms with van der Waals surface area (Å²) in [4.78, 5) is 24.6. The topological polar surface area (TPSA) is 66.8 Å². The Morgan fingerprint density at radius 3 is 2.81 bits per heavy atom. The molecule has 1 saturated heterocycles. The van der Waals surface area contributed by atoms with Crippen molar-refractivity contribution in [2.45, 2.75) is 39.2 Å². The van der Waals surface area contributed by atoms with E-state index in [4.69, 9.17) is 9.84 Å². The van der Waals surface area contributed by atoms with Crippen molar-refractivity contribution in [1.82, 2.24) is 4.90 Å². The number of carbonyl (C=O) groups is 2. The quantitative estimate of drug-likeness (QED) is 0.902. The lowest BCUT2D eigenvalue weighted by Gasteiger charge is -2.21. The average molecular weight is 291 g/mol. The Labute approximate surface area is 124 Å². The Hall–Kier alpha value is -2.04. The third-order valence-electron chi connectivity index (χ3n) is 3.76. The summed E-state index contributed by atoms with van der Waals surface area (Å²) >= 11 is 0. The maximum atomic E-state index is 12.1. The summed E-state index contributed by atoms with van der Waals surface area (Å²) in [5, 5.41) is 9.07. The smallest absolute Gasteiger partial charge is 0.326 e. The Morgan fingerprint density at radius 1 is 1.38 bits per heavy atom. The number of rotatable bonds is 5. The Bertz CT molecular complexity index is 541. The second-order valence-corrected chi connectivity index (χ2v) is 5.45. The summed E-state index contributed by atoms with van der Waals surface area (Å²) < 4.78 is 5.62. The third-order valence-corrected chi connectivity index (χ3v) is 3.76. The minimum absolute atomic E-state index is 0.148. The number of amides is 1. The van der Waals surface area contributed by atoms with E-state index in [-0.39, 0.29) is 18.9 Å². The van der Waals surface area contributed by atoms with Crippen LogP contribution in [-0.4, -0.2) is 41.1 Å². The first-order chi connectivity index (χ1) is 9.99. The van der Waals surface area contributed by atoms with Crippen LogP contribution in [0.15, 0.2) is 18.2 Å². The molecule has 1 heterocycles. The molecule has 1 aliphatic rings. The van der Waals surface area contributed by atoms with Gasteiger partial charge in [-0.25, -0.2) is 4.79 Å². The zero-order chi connectivity index (χ0) is 15.4. The predicted octanol–water partition coefficient (Wildman–Crippen LogP) is 2.15. The Balaban J connectivity index is 1.85. The van der Waals surface area contributed by atoms with Crippen LogP contribution in [-0.2, 0) is 9.59 Å². The highest BCUT2D eigenvalue weighted by Crippen LogP contribution is 2.20. The average Bonchev–Trinajstić information content (AvgIpc) is 2.90. The standard InChI is InChI=1S/C16H21NO4/c1-11-5-6-14(12(2)10-11)21-9-7-15(18)17-8-3-4-13(17)16(19)20/h5-6,10,13H,3-4,7-9H2,1-2H3,(H,19,20). The number of hydrogen-bond donors (Lipinski definition) is 1. The summed E-state index contributed by atoms with van der Waals surface area (Å²) in [5.74, 6) is -0.301. The third kappa shape index (κ3) is 3.74. The molecule has 1 aliphatic heterocycles. The predicted molar refractivity (Wildman–Crippen MR) is 78.4 cm³/mol. The summed E-state index contributed by atoms with van der Waals surface area (Å²) in [6.07, 6.45) is 1.50. The van der Waals surface area contributed by atoms with Gasteiger partial charge in [-0.15, -0.1) is 0 Å². The summed E-state index contributed by atoms with van der Waals surface area (Å²) in [6.45, 7) is 4.77. The van der Waals surface area contributed by atoms with Gasteiger partial charge in [-0.3, -0.25) is 4.79 Å². The SMILES string of the molecule is Cc1ccc(OCCC(=O)N2CCCC2C(=O)O)c(C)c1. The highest BCUT2D eigenvalue weighted by atomic mass is 16.5. The van der Waals surface area contributed by atoms with E-state index in [1.165, 1.54) is 4.90 Å². The fourth-order valence-corrected chi connectivity index (χ4v) is 2.68. The monoisotopic (exact) mass is 291 g/mol. The zero-order valence-electron chi connectivity index (χ0n) is 12.5. The fraction of sp³-hybridized carbons (Fsp3) is 0.500. The van der Waals surface area contributed by atoms with Gasteiger partial charge in [0.25, 0.3) is 0 Å². The van der Waals surface area contributed by atoms with Gasteiger partial charge in [-0.2, -0.15) is 0 Å². The number of carboxylic acid groups (broad SMARTS) is 1. The van der Waals surface area contributed by atoms with E-state index in [1.54, 1.807) is 0 Å². The summed E-state index contributed by atoms with van der Waals surface area (Å²) in [7, 11) is 0. The van der Waals surface area contributed by atoms with Gasteiger partial charge in [0.15, 0.2) is 0 Å². The molecule has 114 valence electrons. The number of aryl methyl sites for hydroxylation is 2. The molecule has 0 bridgehead atoms. The number of benzene rings is 1. The van der Waals surface area contributed by atoms with Crippen molar-refractivity contribution in [2.75, 3.05) is 13.2 Å². The zero-order valence-corrected chi connectivity index (χ0v) is 12.5. The van der Waals surface area contributed by atoms with Crippen LogP contribution in [0.5, 0.6) is 5.75 Å². The van der Waals surface area contributed by atoms with Gasteiger partial charge >= 0.3 is 5.97 Å². The molecule has 1 fully saturated rings. The van der Waals surface area contributed by atoms with Gasteiger partial charge in [0.1, 0.15) is 11.8 Å². The Morgan fingerprint density at radius 2 is 2.14 bits per heavy atom. The van der Waals surface area contributed by atoms with Crippen LogP contribution >= 0.6 is 0 Å². The minimum atomic E-state index is -0.920. The van der Waals surface area contributed by atoms with Crippen LogP contribution in [0.1, 0.15) is 30.4 Å². The molecule has 0 aliphatic carbocycles. The van der Waals surface area contributed by atoms with E-state index >= 15 is 0 Å². The number of hydrogen-bond acceptors (Lipinski definition) is 3.